The average molecular weight is 675 g/mol. The van der Waals surface area contributed by atoms with Crippen LogP contribution in [0.15, 0.2) is 54.6 Å². The van der Waals surface area contributed by atoms with E-state index in [2.05, 4.69) is 21.1 Å². The lowest BCUT2D eigenvalue weighted by atomic mass is 10.0. The highest BCUT2D eigenvalue weighted by Gasteiger charge is 2.27. The van der Waals surface area contributed by atoms with Gasteiger partial charge in [0.2, 0.25) is 11.8 Å². The number of ether oxygens (including phenoxy) is 2. The highest BCUT2D eigenvalue weighted by molar-refractivity contribution is 5.98. The Balaban J connectivity index is 1.01. The van der Waals surface area contributed by atoms with Gasteiger partial charge in [-0.15, -0.1) is 0 Å². The van der Waals surface area contributed by atoms with Crippen LogP contribution in [0.4, 0.5) is 0 Å². The quantitative estimate of drug-likeness (QED) is 0.0784. The number of unbranched alkanes of at least 4 members (excludes halogenated alkanes) is 3. The van der Waals surface area contributed by atoms with Gasteiger partial charge in [0.15, 0.2) is 6.29 Å². The largest absolute Gasteiger partial charge is 0.461 e. The second-order valence-corrected chi connectivity index (χ2v) is 13.1. The summed E-state index contributed by atoms with van der Waals surface area (Å²) in [7, 11) is 0. The maximum Gasteiger partial charge on any atom is 0.329 e. The molecule has 11 heteroatoms. The summed E-state index contributed by atoms with van der Waals surface area (Å²) in [6, 6.07) is 16.6. The van der Waals surface area contributed by atoms with Crippen LogP contribution in [0.3, 0.4) is 0 Å². The molecule has 1 aliphatic carbocycles. The maximum absolute atomic E-state index is 13.0. The number of rotatable bonds is 18. The molecule has 3 amide bonds. The van der Waals surface area contributed by atoms with Crippen molar-refractivity contribution in [2.45, 2.75) is 115 Å². The van der Waals surface area contributed by atoms with Crippen molar-refractivity contribution < 1.29 is 33.5 Å². The number of aryl methyl sites for hydroxylation is 1. The fraction of sp³-hybridized carbons (Fsp3) is 0.526. The van der Waals surface area contributed by atoms with Gasteiger partial charge < -0.3 is 25.1 Å². The van der Waals surface area contributed by atoms with Crippen LogP contribution in [0.5, 0.6) is 0 Å². The van der Waals surface area contributed by atoms with E-state index < -0.39 is 6.04 Å². The summed E-state index contributed by atoms with van der Waals surface area (Å²) in [6.45, 7) is 1.21. The summed E-state index contributed by atoms with van der Waals surface area (Å²) in [5.41, 5.74) is 5.73. The topological polar surface area (TPSA) is 148 Å². The van der Waals surface area contributed by atoms with Crippen molar-refractivity contribution in [2.24, 2.45) is 0 Å². The minimum Gasteiger partial charge on any atom is -0.461 e. The Morgan fingerprint density at radius 1 is 0.837 bits per heavy atom. The molecule has 2 aromatic carbocycles. The van der Waals surface area contributed by atoms with E-state index in [4.69, 9.17) is 14.3 Å². The first-order chi connectivity index (χ1) is 23.9. The zero-order valence-electron chi connectivity index (χ0n) is 28.3. The highest BCUT2D eigenvalue weighted by atomic mass is 16.8. The second-order valence-electron chi connectivity index (χ2n) is 13.1. The zero-order valence-corrected chi connectivity index (χ0v) is 28.3. The summed E-state index contributed by atoms with van der Waals surface area (Å²) in [4.78, 5) is 59.3. The predicted molar refractivity (Wildman–Crippen MR) is 185 cm³/mol. The molecule has 2 atom stereocenters. The Morgan fingerprint density at radius 2 is 1.63 bits per heavy atom. The predicted octanol–water partition coefficient (Wildman–Crippen LogP) is 5.57. The van der Waals surface area contributed by atoms with Crippen molar-refractivity contribution in [1.29, 1.82) is 0 Å². The van der Waals surface area contributed by atoms with Crippen LogP contribution in [0.25, 0.3) is 10.9 Å². The standard InChI is InChI=1S/C38H50N4O7/c43-34(41-33(25-27-12-4-3-5-13-27)38(46)48-30-14-7-8-15-30)21-19-28-18-20-31-29(24-28)26-32(40-31)37(45)39-22-10-2-1-6-16-35(44)42-49-36-17-9-11-23-47-36/h3-5,12-13,18,20,24,26,30,33,36,40H,1-2,6-11,14-17,19,21-23,25H2,(H,39,45)(H,41,43)(H,42,44). The van der Waals surface area contributed by atoms with E-state index in [1.165, 1.54) is 0 Å². The monoisotopic (exact) mass is 674 g/mol. The van der Waals surface area contributed by atoms with E-state index in [0.29, 0.717) is 38.1 Å². The van der Waals surface area contributed by atoms with Gasteiger partial charge in [-0.05, 0) is 87.1 Å². The third-order valence-electron chi connectivity index (χ3n) is 9.12. The number of aromatic amines is 1. The molecule has 2 aliphatic rings. The molecule has 1 saturated carbocycles. The van der Waals surface area contributed by atoms with Crippen molar-refractivity contribution in [3.63, 3.8) is 0 Å². The van der Waals surface area contributed by atoms with Crippen molar-refractivity contribution in [2.75, 3.05) is 13.2 Å². The van der Waals surface area contributed by atoms with Crippen molar-refractivity contribution in [1.82, 2.24) is 21.1 Å². The van der Waals surface area contributed by atoms with Gasteiger partial charge in [-0.3, -0.25) is 14.4 Å². The minimum atomic E-state index is -0.739. The molecule has 5 rings (SSSR count). The molecule has 3 aromatic rings. The molecule has 2 fully saturated rings. The average Bonchev–Trinajstić information content (AvgIpc) is 3.80. The van der Waals surface area contributed by atoms with E-state index in [1.54, 1.807) is 0 Å². The van der Waals surface area contributed by atoms with Crippen LogP contribution in [0, 0.1) is 0 Å². The lowest BCUT2D eigenvalue weighted by Gasteiger charge is -2.22. The first-order valence-corrected chi connectivity index (χ1v) is 17.9. The number of aromatic nitrogens is 1. The van der Waals surface area contributed by atoms with Crippen molar-refractivity contribution >= 4 is 34.6 Å². The fourth-order valence-electron chi connectivity index (χ4n) is 6.33. The van der Waals surface area contributed by atoms with Crippen LogP contribution in [0.2, 0.25) is 0 Å². The van der Waals surface area contributed by atoms with Gasteiger partial charge in [0.05, 0.1) is 0 Å². The number of hydrogen-bond acceptors (Lipinski definition) is 7. The van der Waals surface area contributed by atoms with Gasteiger partial charge >= 0.3 is 5.97 Å². The normalized spacial score (nSPS) is 17.0. The van der Waals surface area contributed by atoms with Gasteiger partial charge in [0.25, 0.3) is 5.91 Å². The second kappa shape index (κ2) is 19.1. The van der Waals surface area contributed by atoms with Gasteiger partial charge in [0, 0.05) is 49.7 Å². The number of carbonyl (C=O) groups excluding carboxylic acids is 4. The van der Waals surface area contributed by atoms with Gasteiger partial charge in [0.1, 0.15) is 17.8 Å². The summed E-state index contributed by atoms with van der Waals surface area (Å²) >= 11 is 0. The third kappa shape index (κ3) is 12.0. The fourth-order valence-corrected chi connectivity index (χ4v) is 6.33. The number of H-pyrrole nitrogens is 1. The summed E-state index contributed by atoms with van der Waals surface area (Å²) in [5.74, 6) is -0.899. The number of hydroxylamine groups is 1. The number of hydrogen-bond donors (Lipinski definition) is 4. The molecule has 49 heavy (non-hydrogen) atoms. The van der Waals surface area contributed by atoms with Gasteiger partial charge in [-0.1, -0.05) is 49.2 Å². The molecule has 2 heterocycles. The van der Waals surface area contributed by atoms with Crippen LogP contribution in [0.1, 0.15) is 105 Å². The SMILES string of the molecule is O=C(CCCCCCNC(=O)c1cc2cc(CCC(=O)NC(Cc3ccccc3)C(=O)OC3CCCC3)ccc2[nH]1)NOC1CCCCO1. The molecule has 0 bridgehead atoms. The molecule has 0 radical (unpaired) electrons. The summed E-state index contributed by atoms with van der Waals surface area (Å²) in [5, 5.41) is 6.78. The van der Waals surface area contributed by atoms with E-state index in [-0.39, 0.29) is 42.5 Å². The minimum absolute atomic E-state index is 0.0678. The molecule has 1 saturated heterocycles. The lowest BCUT2D eigenvalue weighted by Crippen LogP contribution is -2.44. The number of amides is 3. The molecule has 1 aliphatic heterocycles. The summed E-state index contributed by atoms with van der Waals surface area (Å²) < 4.78 is 11.2. The molecule has 4 N–H and O–H groups in total. The van der Waals surface area contributed by atoms with Crippen LogP contribution in [-0.2, 0) is 41.5 Å². The number of benzene rings is 2. The van der Waals surface area contributed by atoms with E-state index in [9.17, 15) is 19.2 Å². The zero-order chi connectivity index (χ0) is 34.3. The molecule has 1 aromatic heterocycles. The Hall–Kier alpha value is -4.22. The third-order valence-corrected chi connectivity index (χ3v) is 9.12. The Kier molecular flexibility index (Phi) is 14.1. The van der Waals surface area contributed by atoms with E-state index in [1.807, 2.05) is 54.6 Å². The van der Waals surface area contributed by atoms with Gasteiger partial charge in [-0.2, -0.15) is 0 Å². The highest BCUT2D eigenvalue weighted by Crippen LogP contribution is 2.22. The first kappa shape index (κ1) is 36.1. The number of esters is 1. The van der Waals surface area contributed by atoms with Gasteiger partial charge in [-0.25, -0.2) is 15.1 Å². The van der Waals surface area contributed by atoms with E-state index >= 15 is 0 Å². The summed E-state index contributed by atoms with van der Waals surface area (Å²) in [6.07, 6.45) is 11.2. The molecule has 2 unspecified atom stereocenters. The molecule has 264 valence electrons. The van der Waals surface area contributed by atoms with Crippen LogP contribution >= 0.6 is 0 Å². The van der Waals surface area contributed by atoms with Crippen LogP contribution < -0.4 is 16.1 Å². The molecular formula is C38H50N4O7. The van der Waals surface area contributed by atoms with E-state index in [0.717, 1.165) is 92.7 Å². The Morgan fingerprint density at radius 3 is 2.43 bits per heavy atom. The Bertz CT molecular complexity index is 1510. The van der Waals surface area contributed by atoms with Crippen molar-refractivity contribution in [3.8, 4) is 0 Å². The lowest BCUT2D eigenvalue weighted by molar-refractivity contribution is -0.200. The number of fused-ring (bicyclic) bond motifs is 1. The smallest absolute Gasteiger partial charge is 0.329 e. The number of carbonyl (C=O) groups is 4. The first-order valence-electron chi connectivity index (χ1n) is 17.9. The molecule has 0 spiro atoms. The number of nitrogens with one attached hydrogen (secondary N) is 4. The van der Waals surface area contributed by atoms with Crippen molar-refractivity contribution in [3.05, 3.63) is 71.4 Å². The molecule has 11 nitrogen and oxygen atoms in total. The maximum atomic E-state index is 13.0. The molecular weight excluding hydrogens is 624 g/mol. The Labute approximate surface area is 288 Å². The van der Waals surface area contributed by atoms with Crippen LogP contribution in [-0.4, -0.2) is 60.3 Å².